The molecule has 0 unspecified atom stereocenters. The molecule has 0 radical (unpaired) electrons. The van der Waals surface area contributed by atoms with Crippen LogP contribution in [0, 0.1) is 13.8 Å². The van der Waals surface area contributed by atoms with Crippen molar-refractivity contribution in [3.8, 4) is 0 Å². The Labute approximate surface area is 123 Å². The van der Waals surface area contributed by atoms with Crippen LogP contribution in [0.5, 0.6) is 0 Å². The molecule has 2 aromatic rings. The van der Waals surface area contributed by atoms with Crippen LogP contribution >= 0.6 is 11.8 Å². The summed E-state index contributed by atoms with van der Waals surface area (Å²) in [4.78, 5) is 13.0. The van der Waals surface area contributed by atoms with Gasteiger partial charge in [-0.25, -0.2) is 0 Å². The van der Waals surface area contributed by atoms with Gasteiger partial charge in [0.25, 0.3) is 0 Å². The monoisotopic (exact) mass is 286 g/mol. The summed E-state index contributed by atoms with van der Waals surface area (Å²) in [5.41, 5.74) is 9.50. The van der Waals surface area contributed by atoms with Crippen molar-refractivity contribution < 1.29 is 4.79 Å². The molecule has 0 aliphatic carbocycles. The summed E-state index contributed by atoms with van der Waals surface area (Å²) in [6, 6.07) is 13.6. The number of hydrogen-bond donors (Lipinski definition) is 2. The summed E-state index contributed by atoms with van der Waals surface area (Å²) in [6.07, 6.45) is 0. The molecule has 0 aromatic heterocycles. The van der Waals surface area contributed by atoms with Gasteiger partial charge in [0.05, 0.1) is 5.75 Å². The lowest BCUT2D eigenvalue weighted by atomic mass is 10.1. The third kappa shape index (κ3) is 4.03. The highest BCUT2D eigenvalue weighted by Gasteiger charge is 2.06. The average molecular weight is 286 g/mol. The second-order valence-corrected chi connectivity index (χ2v) is 5.78. The second-order valence-electron chi connectivity index (χ2n) is 4.73. The van der Waals surface area contributed by atoms with E-state index in [2.05, 4.69) is 5.32 Å². The molecule has 2 rings (SSSR count). The number of anilines is 2. The molecule has 3 nitrogen and oxygen atoms in total. The molecule has 0 saturated heterocycles. The molecule has 20 heavy (non-hydrogen) atoms. The molecule has 4 heteroatoms. The number of thioether (sulfide) groups is 1. The minimum Gasteiger partial charge on any atom is -0.399 e. The lowest BCUT2D eigenvalue weighted by molar-refractivity contribution is -0.113. The minimum atomic E-state index is -0.00822. The second kappa shape index (κ2) is 6.48. The Bertz CT molecular complexity index is 626. The summed E-state index contributed by atoms with van der Waals surface area (Å²) in [5, 5.41) is 2.94. The summed E-state index contributed by atoms with van der Waals surface area (Å²) in [7, 11) is 0. The molecular formula is C16H18N2OS. The van der Waals surface area contributed by atoms with Crippen molar-refractivity contribution in [2.24, 2.45) is 0 Å². The molecule has 0 bridgehead atoms. The van der Waals surface area contributed by atoms with Gasteiger partial charge in [-0.2, -0.15) is 0 Å². The highest BCUT2D eigenvalue weighted by atomic mass is 32.2. The molecular weight excluding hydrogens is 268 g/mol. The smallest absolute Gasteiger partial charge is 0.234 e. The van der Waals surface area contributed by atoms with Crippen LogP contribution < -0.4 is 11.1 Å². The van der Waals surface area contributed by atoms with Gasteiger partial charge < -0.3 is 11.1 Å². The van der Waals surface area contributed by atoms with Crippen molar-refractivity contribution >= 4 is 29.0 Å². The number of carbonyl (C=O) groups is 1. The lowest BCUT2D eigenvalue weighted by Gasteiger charge is -2.09. The number of carbonyl (C=O) groups excluding carboxylic acids is 1. The highest BCUT2D eigenvalue weighted by Crippen LogP contribution is 2.21. The first-order valence-corrected chi connectivity index (χ1v) is 7.38. The van der Waals surface area contributed by atoms with E-state index in [1.54, 1.807) is 0 Å². The van der Waals surface area contributed by atoms with Crippen molar-refractivity contribution in [1.82, 2.24) is 0 Å². The highest BCUT2D eigenvalue weighted by molar-refractivity contribution is 8.00. The number of nitrogens with one attached hydrogen (secondary N) is 1. The van der Waals surface area contributed by atoms with E-state index in [0.717, 1.165) is 21.7 Å². The van der Waals surface area contributed by atoms with Crippen LogP contribution in [0.1, 0.15) is 11.1 Å². The van der Waals surface area contributed by atoms with Gasteiger partial charge >= 0.3 is 0 Å². The van der Waals surface area contributed by atoms with Crippen LogP contribution in [-0.2, 0) is 4.79 Å². The Morgan fingerprint density at radius 3 is 2.75 bits per heavy atom. The number of nitrogen functional groups attached to an aromatic ring is 1. The van der Waals surface area contributed by atoms with E-state index in [0.29, 0.717) is 11.4 Å². The SMILES string of the molecule is Cc1ccc(C)c(NC(=O)CSc2cccc(N)c2)c1. The summed E-state index contributed by atoms with van der Waals surface area (Å²) >= 11 is 1.48. The number of rotatable bonds is 4. The van der Waals surface area contributed by atoms with E-state index in [1.807, 2.05) is 56.3 Å². The third-order valence-electron chi connectivity index (χ3n) is 2.90. The molecule has 0 spiro atoms. The average Bonchev–Trinajstić information content (AvgIpc) is 2.41. The zero-order valence-corrected chi connectivity index (χ0v) is 12.5. The van der Waals surface area contributed by atoms with Crippen LogP contribution in [0.2, 0.25) is 0 Å². The van der Waals surface area contributed by atoms with E-state index in [-0.39, 0.29) is 5.91 Å². The van der Waals surface area contributed by atoms with Crippen LogP contribution in [0.3, 0.4) is 0 Å². The van der Waals surface area contributed by atoms with E-state index in [4.69, 9.17) is 5.73 Å². The van der Waals surface area contributed by atoms with Crippen molar-refractivity contribution in [3.63, 3.8) is 0 Å². The number of benzene rings is 2. The Morgan fingerprint density at radius 1 is 1.20 bits per heavy atom. The van der Waals surface area contributed by atoms with Gasteiger partial charge in [0.15, 0.2) is 0 Å². The van der Waals surface area contributed by atoms with Crippen molar-refractivity contribution in [2.45, 2.75) is 18.7 Å². The quantitative estimate of drug-likeness (QED) is 0.667. The maximum atomic E-state index is 12.0. The largest absolute Gasteiger partial charge is 0.399 e. The first-order valence-electron chi connectivity index (χ1n) is 6.40. The fraction of sp³-hybridized carbons (Fsp3) is 0.188. The van der Waals surface area contributed by atoms with E-state index in [1.165, 1.54) is 11.8 Å². The van der Waals surface area contributed by atoms with Crippen molar-refractivity contribution in [1.29, 1.82) is 0 Å². The molecule has 2 aromatic carbocycles. The number of aryl methyl sites for hydroxylation is 2. The minimum absolute atomic E-state index is 0.00822. The number of nitrogens with two attached hydrogens (primary N) is 1. The molecule has 1 amide bonds. The van der Waals surface area contributed by atoms with Gasteiger partial charge in [-0.05, 0) is 49.2 Å². The molecule has 0 saturated carbocycles. The van der Waals surface area contributed by atoms with E-state index in [9.17, 15) is 4.79 Å². The molecule has 0 heterocycles. The fourth-order valence-electron chi connectivity index (χ4n) is 1.81. The summed E-state index contributed by atoms with van der Waals surface area (Å²) < 4.78 is 0. The van der Waals surface area contributed by atoms with Gasteiger partial charge in [0.2, 0.25) is 5.91 Å². The standard InChI is InChI=1S/C16H18N2OS/c1-11-6-7-12(2)15(8-11)18-16(19)10-20-14-5-3-4-13(17)9-14/h3-9H,10,17H2,1-2H3,(H,18,19). The first kappa shape index (κ1) is 14.5. The molecule has 0 aliphatic rings. The number of hydrogen-bond acceptors (Lipinski definition) is 3. The number of amides is 1. The van der Waals surface area contributed by atoms with Gasteiger partial charge in [-0.15, -0.1) is 11.8 Å². The van der Waals surface area contributed by atoms with Crippen molar-refractivity contribution in [2.75, 3.05) is 16.8 Å². The van der Waals surface area contributed by atoms with Gasteiger partial charge in [-0.3, -0.25) is 4.79 Å². The molecule has 0 aliphatic heterocycles. The van der Waals surface area contributed by atoms with Gasteiger partial charge in [0, 0.05) is 16.3 Å². The van der Waals surface area contributed by atoms with Crippen LogP contribution in [-0.4, -0.2) is 11.7 Å². The topological polar surface area (TPSA) is 55.1 Å². The molecule has 0 atom stereocenters. The Hall–Kier alpha value is -1.94. The lowest BCUT2D eigenvalue weighted by Crippen LogP contribution is -2.14. The van der Waals surface area contributed by atoms with Crippen molar-refractivity contribution in [3.05, 3.63) is 53.6 Å². The zero-order valence-electron chi connectivity index (χ0n) is 11.6. The maximum Gasteiger partial charge on any atom is 0.234 e. The van der Waals surface area contributed by atoms with Crippen LogP contribution in [0.25, 0.3) is 0 Å². The zero-order chi connectivity index (χ0) is 14.5. The Morgan fingerprint density at radius 2 is 2.00 bits per heavy atom. The third-order valence-corrected chi connectivity index (χ3v) is 3.89. The van der Waals surface area contributed by atoms with Crippen LogP contribution in [0.4, 0.5) is 11.4 Å². The van der Waals surface area contributed by atoms with Gasteiger partial charge in [0.1, 0.15) is 0 Å². The molecule has 0 fully saturated rings. The predicted octanol–water partition coefficient (Wildman–Crippen LogP) is 3.62. The summed E-state index contributed by atoms with van der Waals surface area (Å²) in [6.45, 7) is 4.00. The normalized spacial score (nSPS) is 10.3. The predicted molar refractivity (Wildman–Crippen MR) is 86.1 cm³/mol. The van der Waals surface area contributed by atoms with E-state index >= 15 is 0 Å². The molecule has 3 N–H and O–H groups in total. The Kier molecular flexibility index (Phi) is 4.69. The first-order chi connectivity index (χ1) is 9.54. The fourth-order valence-corrected chi connectivity index (χ4v) is 2.57. The van der Waals surface area contributed by atoms with Crippen LogP contribution in [0.15, 0.2) is 47.4 Å². The molecule has 104 valence electrons. The maximum absolute atomic E-state index is 12.0. The van der Waals surface area contributed by atoms with E-state index < -0.39 is 0 Å². The van der Waals surface area contributed by atoms with Gasteiger partial charge in [-0.1, -0.05) is 18.2 Å². The Balaban J connectivity index is 1.94. The summed E-state index contributed by atoms with van der Waals surface area (Å²) in [5.74, 6) is 0.364.